The fourth-order valence-corrected chi connectivity index (χ4v) is 14.8. The second-order valence-electron chi connectivity index (χ2n) is 27.8. The van der Waals surface area contributed by atoms with Gasteiger partial charge in [0.1, 0.15) is 0 Å². The summed E-state index contributed by atoms with van der Waals surface area (Å²) in [4.78, 5) is 107. The van der Waals surface area contributed by atoms with Crippen LogP contribution in [0.15, 0.2) is 86.8 Å². The minimum absolute atomic E-state index is 0.00912. The molecule has 3 aliphatic carbocycles. The number of fused-ring (bicyclic) bond motifs is 3. The van der Waals surface area contributed by atoms with E-state index < -0.39 is 17.4 Å². The monoisotopic (exact) mass is 1230 g/mol. The van der Waals surface area contributed by atoms with E-state index in [1.54, 1.807) is 60.3 Å². The normalized spacial score (nSPS) is 23.3. The molecule has 3 spiro atoms. The first-order valence-electron chi connectivity index (χ1n) is 32.7. The number of nitrogens with zero attached hydrogens (tertiary/aromatic N) is 7. The van der Waals surface area contributed by atoms with Gasteiger partial charge in [-0.25, -0.2) is 0 Å². The topological polar surface area (TPSA) is 268 Å². The number of pyridine rings is 3. The minimum Gasteiger partial charge on any atom is -0.449 e. The summed E-state index contributed by atoms with van der Waals surface area (Å²) in [5.41, 5.74) is 2.19. The Balaban J connectivity index is 0.000000131. The number of nitrogens with one attached hydrogen (secondary N) is 4. The van der Waals surface area contributed by atoms with E-state index in [1.807, 2.05) is 43.9 Å². The van der Waals surface area contributed by atoms with E-state index in [-0.39, 0.29) is 52.9 Å². The maximum Gasteiger partial charge on any atom is 0.311 e. The molecule has 0 radical (unpaired) electrons. The maximum atomic E-state index is 12.9. The molecular formula is C68H87N11O11. The van der Waals surface area contributed by atoms with Crippen molar-refractivity contribution in [3.63, 3.8) is 0 Å². The number of likely N-dealkylation sites (tertiary alicyclic amines) is 4. The third-order valence-electron chi connectivity index (χ3n) is 20.9. The lowest BCUT2D eigenvalue weighted by Gasteiger charge is -2.36. The summed E-state index contributed by atoms with van der Waals surface area (Å²) < 4.78 is 22.5. The number of furan rings is 3. The number of amides is 7. The highest BCUT2D eigenvalue weighted by atomic mass is 16.5. The highest BCUT2D eigenvalue weighted by Gasteiger charge is 2.57. The van der Waals surface area contributed by atoms with Crippen LogP contribution in [0.3, 0.4) is 0 Å². The lowest BCUT2D eigenvalue weighted by molar-refractivity contribution is -0.147. The first kappa shape index (κ1) is 62.5. The number of carbonyl (C=O) groups is 7. The molecule has 8 aliphatic rings. The quantitative estimate of drug-likeness (QED) is 0.0800. The smallest absolute Gasteiger partial charge is 0.311 e. The summed E-state index contributed by atoms with van der Waals surface area (Å²) >= 11 is 0. The van der Waals surface area contributed by atoms with Crippen LogP contribution < -0.4 is 21.3 Å². The SMILES string of the molecule is CC(C(=O)N1CCC2(CC1)CC2CNC(=O)c1cc2ccncc2o1)N1CCCC1.CC(C)(C)NC(=O)C(=O)N1CCC2(CC1)CC2CNC(=O)c1cc2ccncc2o1.O=C(NCC1CC12CCN(C(=O)CC1CCCCO1)CC2)c1cc2ccncc2o1. The van der Waals surface area contributed by atoms with Crippen molar-refractivity contribution in [3.05, 3.63) is 90.9 Å². The van der Waals surface area contributed by atoms with Crippen LogP contribution in [0, 0.1) is 34.0 Å². The molecule has 5 aliphatic heterocycles. The van der Waals surface area contributed by atoms with E-state index in [0.29, 0.717) is 96.0 Å². The molecule has 6 aromatic rings. The Morgan fingerprint density at radius 1 is 0.556 bits per heavy atom. The Bertz CT molecular complexity index is 3490. The lowest BCUT2D eigenvalue weighted by Crippen LogP contribution is -2.51. The Morgan fingerprint density at radius 2 is 0.967 bits per heavy atom. The van der Waals surface area contributed by atoms with Crippen molar-refractivity contribution < 1.29 is 51.6 Å². The molecule has 22 heteroatoms. The molecular weight excluding hydrogens is 1150 g/mol. The molecule has 480 valence electrons. The molecule has 7 amide bonds. The Labute approximate surface area is 524 Å². The van der Waals surface area contributed by atoms with Crippen molar-refractivity contribution in [2.75, 3.05) is 78.6 Å². The van der Waals surface area contributed by atoms with Gasteiger partial charge in [0.2, 0.25) is 11.8 Å². The van der Waals surface area contributed by atoms with Gasteiger partial charge < -0.3 is 54.0 Å². The zero-order valence-corrected chi connectivity index (χ0v) is 52.5. The molecule has 3 saturated carbocycles. The number of hydrogen-bond acceptors (Lipinski definition) is 15. The van der Waals surface area contributed by atoms with Crippen LogP contribution in [0.1, 0.15) is 156 Å². The van der Waals surface area contributed by atoms with E-state index in [0.717, 1.165) is 133 Å². The second-order valence-corrected chi connectivity index (χ2v) is 27.8. The van der Waals surface area contributed by atoms with Crippen LogP contribution in [0.5, 0.6) is 0 Å². The van der Waals surface area contributed by atoms with Gasteiger partial charge >= 0.3 is 11.8 Å². The molecule has 5 atom stereocenters. The summed E-state index contributed by atoms with van der Waals surface area (Å²) in [6.07, 6.45) is 25.4. The zero-order chi connectivity index (χ0) is 62.8. The number of aromatic nitrogens is 3. The van der Waals surface area contributed by atoms with Crippen molar-refractivity contribution in [2.45, 2.75) is 142 Å². The van der Waals surface area contributed by atoms with Crippen LogP contribution >= 0.6 is 0 Å². The fraction of sp³-hybridized carbons (Fsp3) is 0.588. The van der Waals surface area contributed by atoms with Gasteiger partial charge in [-0.15, -0.1) is 0 Å². The van der Waals surface area contributed by atoms with E-state index in [2.05, 4.69) is 52.9 Å². The van der Waals surface area contributed by atoms with Crippen LogP contribution in [0.25, 0.3) is 32.9 Å². The molecule has 14 rings (SSSR count). The average molecular weight is 1230 g/mol. The van der Waals surface area contributed by atoms with E-state index in [4.69, 9.17) is 18.0 Å². The minimum atomic E-state index is -0.543. The number of ether oxygens (including phenoxy) is 1. The summed E-state index contributed by atoms with van der Waals surface area (Å²) in [5.74, 6) is 1.32. The highest BCUT2D eigenvalue weighted by Crippen LogP contribution is 2.61. The number of carbonyl (C=O) groups excluding carboxylic acids is 7. The molecule has 11 heterocycles. The first-order chi connectivity index (χ1) is 43.4. The summed E-state index contributed by atoms with van der Waals surface area (Å²) in [6, 6.07) is 10.7. The zero-order valence-electron chi connectivity index (χ0n) is 52.5. The average Bonchev–Trinajstić information content (AvgIpc) is 1.78. The van der Waals surface area contributed by atoms with Gasteiger partial charge in [0.05, 0.1) is 37.2 Å². The van der Waals surface area contributed by atoms with Gasteiger partial charge in [0.25, 0.3) is 17.7 Å². The molecule has 4 N–H and O–H groups in total. The van der Waals surface area contributed by atoms with Crippen molar-refractivity contribution in [1.82, 2.24) is 55.8 Å². The van der Waals surface area contributed by atoms with Gasteiger partial charge in [-0.1, -0.05) is 0 Å². The summed E-state index contributed by atoms with van der Waals surface area (Å²) in [6.45, 7) is 16.9. The van der Waals surface area contributed by atoms with Crippen molar-refractivity contribution in [2.24, 2.45) is 34.0 Å². The number of piperidine rings is 3. The predicted molar refractivity (Wildman–Crippen MR) is 334 cm³/mol. The number of hydrogen-bond donors (Lipinski definition) is 4. The lowest BCUT2D eigenvalue weighted by atomic mass is 9.90. The highest BCUT2D eigenvalue weighted by molar-refractivity contribution is 6.35. The Kier molecular flexibility index (Phi) is 18.2. The van der Waals surface area contributed by atoms with Crippen molar-refractivity contribution in [3.8, 4) is 0 Å². The molecule has 0 aromatic carbocycles. The summed E-state index contributed by atoms with van der Waals surface area (Å²) in [5, 5.41) is 14.4. The Morgan fingerprint density at radius 3 is 1.36 bits per heavy atom. The molecule has 0 bridgehead atoms. The first-order valence-corrected chi connectivity index (χ1v) is 32.7. The third kappa shape index (κ3) is 14.4. The fourth-order valence-electron chi connectivity index (χ4n) is 14.8. The molecule has 22 nitrogen and oxygen atoms in total. The van der Waals surface area contributed by atoms with E-state index in [9.17, 15) is 33.6 Å². The Hall–Kier alpha value is -7.72. The van der Waals surface area contributed by atoms with E-state index >= 15 is 0 Å². The van der Waals surface area contributed by atoms with Gasteiger partial charge in [0.15, 0.2) is 34.0 Å². The predicted octanol–water partition coefficient (Wildman–Crippen LogP) is 7.92. The van der Waals surface area contributed by atoms with Crippen LogP contribution in [-0.4, -0.2) is 172 Å². The largest absolute Gasteiger partial charge is 0.449 e. The molecule has 5 saturated heterocycles. The summed E-state index contributed by atoms with van der Waals surface area (Å²) in [7, 11) is 0. The van der Waals surface area contributed by atoms with Gasteiger partial charge in [-0.2, -0.15) is 0 Å². The molecule has 8 fully saturated rings. The molecule has 90 heavy (non-hydrogen) atoms. The van der Waals surface area contributed by atoms with E-state index in [1.165, 1.54) is 19.3 Å². The van der Waals surface area contributed by atoms with Gasteiger partial charge in [0, 0.05) is 106 Å². The second kappa shape index (κ2) is 26.2. The maximum absolute atomic E-state index is 12.9. The standard InChI is InChI=1S/C23H30N4O3.C23H29N3O4.C22H28N4O4/c1-16(26-8-2-3-9-26)22(29)27-10-5-23(6-11-27)13-18(23)14-25-21(28)19-12-17-4-7-24-15-20(17)30-19;27-21(12-18-3-1-2-10-29-18)26-8-5-23(6-9-26)13-17(23)14-25-22(28)19-11-16-4-7-24-15-20(16)30-19;1-21(2,3)25-19(28)20(29)26-8-5-22(6-9-26)11-15(22)12-24-18(27)16-10-14-4-7-23-13-17(14)30-16/h4,7,12,15-16,18H,2-3,5-6,8-11,13-14H2,1H3,(H,25,28);4,7,11,15,17-18H,1-3,5-6,8-10,12-14H2,(H,25,28);4,7,10,13,15H,5-6,8-9,11-12H2,1-3H3,(H,24,27)(H,25,28). The van der Waals surface area contributed by atoms with Crippen molar-refractivity contribution in [1.29, 1.82) is 0 Å². The van der Waals surface area contributed by atoms with Crippen LogP contribution in [-0.2, 0) is 23.9 Å². The van der Waals surface area contributed by atoms with Gasteiger partial charge in [-0.05, 0) is 201 Å². The molecule has 6 aromatic heterocycles. The molecule has 5 unspecified atom stereocenters. The van der Waals surface area contributed by atoms with Crippen LogP contribution in [0.2, 0.25) is 0 Å². The van der Waals surface area contributed by atoms with Crippen LogP contribution in [0.4, 0.5) is 0 Å². The van der Waals surface area contributed by atoms with Crippen molar-refractivity contribution >= 4 is 74.3 Å². The third-order valence-corrected chi connectivity index (χ3v) is 20.9. The van der Waals surface area contributed by atoms with Gasteiger partial charge in [-0.3, -0.25) is 53.4 Å². The number of rotatable bonds is 13.